The molecule has 0 N–H and O–H groups in total. The number of pyridine rings is 1. The minimum atomic E-state index is -0.349. The van der Waals surface area contributed by atoms with Gasteiger partial charge in [-0.25, -0.2) is 4.68 Å². The first-order chi connectivity index (χ1) is 14.0. The van der Waals surface area contributed by atoms with Crippen molar-refractivity contribution in [2.75, 3.05) is 24.6 Å². The molecule has 0 amide bonds. The number of rotatable bonds is 6. The van der Waals surface area contributed by atoms with E-state index >= 15 is 0 Å². The van der Waals surface area contributed by atoms with E-state index in [4.69, 9.17) is 20.9 Å². The predicted octanol–water partition coefficient (Wildman–Crippen LogP) is 2.84. The molecule has 0 aromatic carbocycles. The molecule has 0 aliphatic carbocycles. The molecule has 1 saturated heterocycles. The maximum absolute atomic E-state index is 12.8. The number of halogens is 1. The molecule has 0 radical (unpaired) electrons. The van der Waals surface area contributed by atoms with Crippen LogP contribution in [0.3, 0.4) is 0 Å². The van der Waals surface area contributed by atoms with Crippen LogP contribution in [0.1, 0.15) is 23.9 Å². The van der Waals surface area contributed by atoms with E-state index in [-0.39, 0.29) is 23.2 Å². The summed E-state index contributed by atoms with van der Waals surface area (Å²) in [5, 5.41) is 8.63. The molecular formula is C20H22ClN5O3. The monoisotopic (exact) mass is 415 g/mol. The molecule has 9 heteroatoms. The van der Waals surface area contributed by atoms with Gasteiger partial charge in [0.1, 0.15) is 16.5 Å². The van der Waals surface area contributed by atoms with Gasteiger partial charge in [0, 0.05) is 42.7 Å². The zero-order chi connectivity index (χ0) is 20.5. The van der Waals surface area contributed by atoms with Crippen LogP contribution >= 0.6 is 11.6 Å². The molecule has 0 spiro atoms. The molecule has 1 aliphatic rings. The Morgan fingerprint density at radius 2 is 2.07 bits per heavy atom. The van der Waals surface area contributed by atoms with Gasteiger partial charge < -0.3 is 14.2 Å². The summed E-state index contributed by atoms with van der Waals surface area (Å²) < 4.78 is 12.3. The highest BCUT2D eigenvalue weighted by molar-refractivity contribution is 6.33. The lowest BCUT2D eigenvalue weighted by molar-refractivity contribution is 0.0430. The van der Waals surface area contributed by atoms with Crippen molar-refractivity contribution in [1.29, 1.82) is 0 Å². The first-order valence-corrected chi connectivity index (χ1v) is 9.86. The van der Waals surface area contributed by atoms with Gasteiger partial charge in [0.2, 0.25) is 0 Å². The van der Waals surface area contributed by atoms with Gasteiger partial charge in [-0.3, -0.25) is 9.78 Å². The molecule has 1 fully saturated rings. The largest absolute Gasteiger partial charge is 0.375 e. The van der Waals surface area contributed by atoms with Crippen molar-refractivity contribution in [3.05, 3.63) is 56.9 Å². The van der Waals surface area contributed by atoms with Crippen molar-refractivity contribution in [1.82, 2.24) is 19.9 Å². The lowest BCUT2D eigenvalue weighted by Gasteiger charge is -2.40. The summed E-state index contributed by atoms with van der Waals surface area (Å²) in [7, 11) is 0. The topological polar surface area (TPSA) is 86.3 Å². The molecule has 8 nitrogen and oxygen atoms in total. The maximum Gasteiger partial charge on any atom is 0.287 e. The van der Waals surface area contributed by atoms with Gasteiger partial charge in [-0.1, -0.05) is 16.8 Å². The third-order valence-electron chi connectivity index (χ3n) is 5.03. The number of aryl methyl sites for hydroxylation is 2. The highest BCUT2D eigenvalue weighted by Gasteiger charge is 2.30. The Kier molecular flexibility index (Phi) is 5.38. The van der Waals surface area contributed by atoms with Gasteiger partial charge in [-0.2, -0.15) is 5.10 Å². The first kappa shape index (κ1) is 19.6. The zero-order valence-electron chi connectivity index (χ0n) is 16.6. The van der Waals surface area contributed by atoms with Crippen molar-refractivity contribution >= 4 is 17.3 Å². The van der Waals surface area contributed by atoms with Gasteiger partial charge in [-0.15, -0.1) is 0 Å². The molecule has 0 saturated carbocycles. The fourth-order valence-electron chi connectivity index (χ4n) is 3.33. The number of anilines is 1. The van der Waals surface area contributed by atoms with Crippen LogP contribution in [0.4, 0.5) is 5.69 Å². The van der Waals surface area contributed by atoms with E-state index in [9.17, 15) is 4.79 Å². The van der Waals surface area contributed by atoms with Crippen LogP contribution in [0.2, 0.25) is 5.02 Å². The highest BCUT2D eigenvalue weighted by atomic mass is 35.5. The van der Waals surface area contributed by atoms with E-state index in [2.05, 4.69) is 15.2 Å². The normalized spacial score (nSPS) is 14.3. The molecule has 0 bridgehead atoms. The summed E-state index contributed by atoms with van der Waals surface area (Å²) in [6, 6.07) is 3.83. The number of aromatic nitrogens is 4. The Morgan fingerprint density at radius 1 is 1.28 bits per heavy atom. The zero-order valence-corrected chi connectivity index (χ0v) is 17.3. The molecule has 4 rings (SSSR count). The molecule has 3 aromatic rings. The molecular weight excluding hydrogens is 394 g/mol. The third kappa shape index (κ3) is 3.77. The molecule has 3 aromatic heterocycles. The van der Waals surface area contributed by atoms with Crippen LogP contribution in [-0.4, -0.2) is 45.7 Å². The van der Waals surface area contributed by atoms with Crippen LogP contribution in [0.25, 0.3) is 11.3 Å². The summed E-state index contributed by atoms with van der Waals surface area (Å²) in [5.41, 5.74) is 3.43. The van der Waals surface area contributed by atoms with E-state index < -0.39 is 0 Å². The number of hydrogen-bond donors (Lipinski definition) is 0. The number of ether oxygens (including phenoxy) is 1. The summed E-state index contributed by atoms with van der Waals surface area (Å²) in [6.07, 6.45) is 3.53. The summed E-state index contributed by atoms with van der Waals surface area (Å²) >= 11 is 6.38. The van der Waals surface area contributed by atoms with Gasteiger partial charge >= 0.3 is 0 Å². The third-order valence-corrected chi connectivity index (χ3v) is 5.39. The molecule has 0 unspecified atom stereocenters. The van der Waals surface area contributed by atoms with E-state index in [1.165, 1.54) is 4.68 Å². The second kappa shape index (κ2) is 7.96. The molecule has 1 aliphatic heterocycles. The van der Waals surface area contributed by atoms with Gasteiger partial charge in [0.15, 0.2) is 0 Å². The van der Waals surface area contributed by atoms with Gasteiger partial charge in [-0.05, 0) is 32.9 Å². The SMILES string of the molecule is CCOC1CN(c2cnn(Cc3c(-c4ccc(C)nc4)noc3C)c(=O)c2Cl)C1. The van der Waals surface area contributed by atoms with Gasteiger partial charge in [0.25, 0.3) is 5.56 Å². The predicted molar refractivity (Wildman–Crippen MR) is 109 cm³/mol. The maximum atomic E-state index is 12.8. The van der Waals surface area contributed by atoms with E-state index in [1.54, 1.807) is 12.4 Å². The first-order valence-electron chi connectivity index (χ1n) is 9.48. The summed E-state index contributed by atoms with van der Waals surface area (Å²) in [5.74, 6) is 0.622. The van der Waals surface area contributed by atoms with E-state index in [1.807, 2.05) is 37.8 Å². The quantitative estimate of drug-likeness (QED) is 0.611. The molecule has 29 heavy (non-hydrogen) atoms. The Balaban J connectivity index is 1.60. The average Bonchev–Trinajstić information content (AvgIpc) is 3.04. The number of nitrogens with zero attached hydrogens (tertiary/aromatic N) is 5. The lowest BCUT2D eigenvalue weighted by atomic mass is 10.1. The lowest BCUT2D eigenvalue weighted by Crippen LogP contribution is -2.53. The Labute approximate surface area is 173 Å². The summed E-state index contributed by atoms with van der Waals surface area (Å²) in [4.78, 5) is 19.1. The Bertz CT molecular complexity index is 1070. The van der Waals surface area contributed by atoms with E-state index in [0.29, 0.717) is 36.8 Å². The van der Waals surface area contributed by atoms with Crippen molar-refractivity contribution < 1.29 is 9.26 Å². The van der Waals surface area contributed by atoms with Crippen molar-refractivity contribution in [2.24, 2.45) is 0 Å². The summed E-state index contributed by atoms with van der Waals surface area (Å²) in [6.45, 7) is 7.97. The van der Waals surface area contributed by atoms with Crippen molar-refractivity contribution in [3.8, 4) is 11.3 Å². The molecule has 0 atom stereocenters. The van der Waals surface area contributed by atoms with Crippen molar-refractivity contribution in [3.63, 3.8) is 0 Å². The fraction of sp³-hybridized carbons (Fsp3) is 0.400. The van der Waals surface area contributed by atoms with Gasteiger partial charge in [0.05, 0.1) is 24.5 Å². The van der Waals surface area contributed by atoms with Crippen molar-refractivity contribution in [2.45, 2.75) is 33.4 Å². The Morgan fingerprint density at radius 3 is 2.76 bits per heavy atom. The van der Waals surface area contributed by atoms with Crippen LogP contribution in [-0.2, 0) is 11.3 Å². The molecule has 4 heterocycles. The second-order valence-corrected chi connectivity index (χ2v) is 7.42. The van der Waals surface area contributed by atoms with Crippen LogP contribution in [0.5, 0.6) is 0 Å². The second-order valence-electron chi connectivity index (χ2n) is 7.04. The number of hydrogen-bond acceptors (Lipinski definition) is 7. The van der Waals surface area contributed by atoms with Crippen LogP contribution < -0.4 is 10.5 Å². The Hall–Kier alpha value is -2.71. The fourth-order valence-corrected chi connectivity index (χ4v) is 3.59. The standard InChI is InChI=1S/C20H22ClN5O3/c1-4-28-15-9-25(10-15)17-8-23-26(20(27)18(17)21)11-16-13(3)29-24-19(16)14-6-5-12(2)22-7-14/h5-8,15H,4,9-11H2,1-3H3. The minimum absolute atomic E-state index is 0.155. The van der Waals surface area contributed by atoms with Crippen LogP contribution in [0, 0.1) is 13.8 Å². The smallest absolute Gasteiger partial charge is 0.287 e. The minimum Gasteiger partial charge on any atom is -0.375 e. The highest BCUT2D eigenvalue weighted by Crippen LogP contribution is 2.28. The molecule has 152 valence electrons. The average molecular weight is 416 g/mol. The van der Waals surface area contributed by atoms with Crippen LogP contribution in [0.15, 0.2) is 33.8 Å². The van der Waals surface area contributed by atoms with E-state index in [0.717, 1.165) is 16.8 Å².